The summed E-state index contributed by atoms with van der Waals surface area (Å²) in [4.78, 5) is 4.62. The van der Waals surface area contributed by atoms with Gasteiger partial charge in [0.25, 0.3) is 0 Å². The fourth-order valence-electron chi connectivity index (χ4n) is 2.71. The maximum Gasteiger partial charge on any atom is 0.106 e. The van der Waals surface area contributed by atoms with Gasteiger partial charge in [0.1, 0.15) is 5.82 Å². The van der Waals surface area contributed by atoms with E-state index in [0.717, 1.165) is 17.9 Å². The number of nitrogens with zero attached hydrogens (tertiary/aromatic N) is 2. The van der Waals surface area contributed by atoms with Gasteiger partial charge < -0.3 is 10.0 Å². The molecule has 1 heterocycles. The zero-order valence-electron chi connectivity index (χ0n) is 13.3. The van der Waals surface area contributed by atoms with Gasteiger partial charge in [-0.1, -0.05) is 57.6 Å². The highest BCUT2D eigenvalue weighted by molar-refractivity contribution is 5.85. The zero-order valence-corrected chi connectivity index (χ0v) is 14.1. The summed E-state index contributed by atoms with van der Waals surface area (Å²) in [5, 5.41) is 0. The smallest absolute Gasteiger partial charge is 0.106 e. The van der Waals surface area contributed by atoms with Crippen LogP contribution in [0.5, 0.6) is 0 Å². The Balaban J connectivity index is 0.00000200. The molecule has 0 aliphatic carbocycles. The highest BCUT2D eigenvalue weighted by Gasteiger charge is 2.05. The molecule has 1 aromatic heterocycles. The van der Waals surface area contributed by atoms with E-state index < -0.39 is 0 Å². The Morgan fingerprint density at radius 1 is 0.952 bits per heavy atom. The second kappa shape index (κ2) is 10.6. The van der Waals surface area contributed by atoms with Crippen molar-refractivity contribution in [2.24, 2.45) is 0 Å². The number of rotatable bonds is 8. The van der Waals surface area contributed by atoms with E-state index in [-0.39, 0.29) is 17.9 Å². The van der Waals surface area contributed by atoms with Gasteiger partial charge in [-0.15, -0.1) is 12.4 Å². The highest BCUT2D eigenvalue weighted by Crippen LogP contribution is 2.17. The van der Waals surface area contributed by atoms with Gasteiger partial charge in [-0.05, 0) is 25.5 Å². The van der Waals surface area contributed by atoms with Crippen LogP contribution in [0.4, 0.5) is 0 Å². The maximum absolute atomic E-state index is 4.62. The van der Waals surface area contributed by atoms with Crippen molar-refractivity contribution in [3.8, 4) is 0 Å². The third-order valence-electron chi connectivity index (χ3n) is 3.83. The number of para-hydroxylation sites is 2. The number of unbranched alkanes of at least 4 members (excludes halogenated alkanes) is 6. The van der Waals surface area contributed by atoms with E-state index in [1.807, 2.05) is 0 Å². The molecule has 120 valence electrons. The van der Waals surface area contributed by atoms with E-state index in [2.05, 4.69) is 47.7 Å². The molecule has 0 spiro atoms. The van der Waals surface area contributed by atoms with Crippen LogP contribution in [-0.2, 0) is 6.54 Å². The molecule has 4 heteroatoms. The summed E-state index contributed by atoms with van der Waals surface area (Å²) in [5.41, 5.74) is 2.41. The van der Waals surface area contributed by atoms with Gasteiger partial charge in [0.15, 0.2) is 0 Å². The van der Waals surface area contributed by atoms with Crippen LogP contribution in [0.2, 0.25) is 0 Å². The van der Waals surface area contributed by atoms with Crippen LogP contribution in [0.25, 0.3) is 11.0 Å². The third kappa shape index (κ3) is 5.68. The Labute approximate surface area is 134 Å². The predicted molar refractivity (Wildman–Crippen MR) is 93.3 cm³/mol. The Morgan fingerprint density at radius 3 is 2.29 bits per heavy atom. The average molecular weight is 313 g/mol. The normalized spacial score (nSPS) is 10.2. The number of benzene rings is 1. The molecule has 0 aliphatic rings. The Hall–Kier alpha value is -1.06. The van der Waals surface area contributed by atoms with E-state index in [0.29, 0.717) is 0 Å². The lowest BCUT2D eigenvalue weighted by molar-refractivity contribution is 0.550. The molecule has 0 saturated heterocycles. The first kappa shape index (κ1) is 19.9. The van der Waals surface area contributed by atoms with Crippen molar-refractivity contribution in [3.63, 3.8) is 0 Å². The first-order valence-corrected chi connectivity index (χ1v) is 7.75. The molecule has 0 fully saturated rings. The summed E-state index contributed by atoms with van der Waals surface area (Å²) < 4.78 is 2.36. The lowest BCUT2D eigenvalue weighted by atomic mass is 10.1. The lowest BCUT2D eigenvalue weighted by Crippen LogP contribution is -2.00. The van der Waals surface area contributed by atoms with Gasteiger partial charge >= 0.3 is 0 Å². The molecular formula is C17H29ClN2O. The molecule has 0 aliphatic heterocycles. The molecule has 0 saturated carbocycles. The minimum Gasteiger partial charge on any atom is -0.412 e. The summed E-state index contributed by atoms with van der Waals surface area (Å²) in [6, 6.07) is 8.44. The standard InChI is InChI=1S/C17H26N2.ClH.H2O/c1-3-4-5-6-7-8-11-14-19-15(2)18-16-12-9-10-13-17(16)19;;/h9-10,12-13H,3-8,11,14H2,1-2H3;1H;1H2. The van der Waals surface area contributed by atoms with Crippen molar-refractivity contribution in [2.45, 2.75) is 65.3 Å². The van der Waals surface area contributed by atoms with Crippen LogP contribution >= 0.6 is 12.4 Å². The summed E-state index contributed by atoms with van der Waals surface area (Å²) in [6.45, 7) is 5.49. The van der Waals surface area contributed by atoms with Crippen molar-refractivity contribution < 1.29 is 5.48 Å². The Bertz CT molecular complexity index is 510. The Kier molecular flexibility index (Phi) is 10.1. The number of aryl methyl sites for hydroxylation is 2. The minimum atomic E-state index is 0. The van der Waals surface area contributed by atoms with Gasteiger partial charge in [0.2, 0.25) is 0 Å². The molecule has 2 rings (SSSR count). The topological polar surface area (TPSA) is 49.3 Å². The van der Waals surface area contributed by atoms with Gasteiger partial charge in [0.05, 0.1) is 11.0 Å². The largest absolute Gasteiger partial charge is 0.412 e. The molecule has 0 radical (unpaired) electrons. The summed E-state index contributed by atoms with van der Waals surface area (Å²) >= 11 is 0. The fourth-order valence-corrected chi connectivity index (χ4v) is 2.71. The molecule has 0 bridgehead atoms. The summed E-state index contributed by atoms with van der Waals surface area (Å²) in [7, 11) is 0. The third-order valence-corrected chi connectivity index (χ3v) is 3.83. The number of aromatic nitrogens is 2. The van der Waals surface area contributed by atoms with Crippen molar-refractivity contribution in [1.82, 2.24) is 9.55 Å². The van der Waals surface area contributed by atoms with E-state index >= 15 is 0 Å². The lowest BCUT2D eigenvalue weighted by Gasteiger charge is -2.06. The molecule has 2 aromatic rings. The van der Waals surface area contributed by atoms with E-state index in [1.165, 1.54) is 50.5 Å². The monoisotopic (exact) mass is 312 g/mol. The van der Waals surface area contributed by atoms with Crippen molar-refractivity contribution in [1.29, 1.82) is 0 Å². The number of fused-ring (bicyclic) bond motifs is 1. The molecule has 3 nitrogen and oxygen atoms in total. The fraction of sp³-hybridized carbons (Fsp3) is 0.588. The number of hydrogen-bond donors (Lipinski definition) is 0. The van der Waals surface area contributed by atoms with Crippen LogP contribution < -0.4 is 0 Å². The SMILES string of the molecule is CCCCCCCCCn1c(C)nc2ccccc21.Cl.O. The minimum absolute atomic E-state index is 0. The van der Waals surface area contributed by atoms with Gasteiger partial charge in [-0.2, -0.15) is 0 Å². The van der Waals surface area contributed by atoms with Crippen molar-refractivity contribution >= 4 is 23.4 Å². The molecule has 0 atom stereocenters. The molecule has 21 heavy (non-hydrogen) atoms. The van der Waals surface area contributed by atoms with Crippen molar-refractivity contribution in [2.75, 3.05) is 0 Å². The highest BCUT2D eigenvalue weighted by atomic mass is 35.5. The van der Waals surface area contributed by atoms with Crippen molar-refractivity contribution in [3.05, 3.63) is 30.1 Å². The second-order valence-corrected chi connectivity index (χ2v) is 5.42. The van der Waals surface area contributed by atoms with Gasteiger partial charge in [0, 0.05) is 6.54 Å². The predicted octanol–water partition coefficient (Wildman–Crippen LogP) is 4.69. The second-order valence-electron chi connectivity index (χ2n) is 5.42. The molecule has 0 unspecified atom stereocenters. The zero-order chi connectivity index (χ0) is 13.5. The van der Waals surface area contributed by atoms with E-state index in [9.17, 15) is 0 Å². The van der Waals surface area contributed by atoms with Crippen LogP contribution in [0, 0.1) is 6.92 Å². The summed E-state index contributed by atoms with van der Waals surface area (Å²) in [6.07, 6.45) is 9.53. The average Bonchev–Trinajstić information content (AvgIpc) is 2.74. The molecule has 0 amide bonds. The van der Waals surface area contributed by atoms with Crippen LogP contribution in [0.15, 0.2) is 24.3 Å². The van der Waals surface area contributed by atoms with Crippen LogP contribution in [0.1, 0.15) is 57.7 Å². The first-order chi connectivity index (χ1) is 9.33. The first-order valence-electron chi connectivity index (χ1n) is 7.75. The molecule has 1 aromatic carbocycles. The molecule has 2 N–H and O–H groups in total. The van der Waals surface area contributed by atoms with Gasteiger partial charge in [-0.25, -0.2) is 4.98 Å². The quantitative estimate of drug-likeness (QED) is 0.652. The van der Waals surface area contributed by atoms with Crippen LogP contribution in [-0.4, -0.2) is 15.0 Å². The number of imidazole rings is 1. The molecular weight excluding hydrogens is 284 g/mol. The van der Waals surface area contributed by atoms with Crippen LogP contribution in [0.3, 0.4) is 0 Å². The maximum atomic E-state index is 4.62. The Morgan fingerprint density at radius 2 is 1.57 bits per heavy atom. The van der Waals surface area contributed by atoms with E-state index in [1.54, 1.807) is 0 Å². The van der Waals surface area contributed by atoms with Gasteiger partial charge in [-0.3, -0.25) is 0 Å². The number of hydrogen-bond acceptors (Lipinski definition) is 1. The van der Waals surface area contributed by atoms with E-state index in [4.69, 9.17) is 0 Å². The number of halogens is 1. The summed E-state index contributed by atoms with van der Waals surface area (Å²) in [5.74, 6) is 1.15.